The van der Waals surface area contributed by atoms with Gasteiger partial charge in [-0.05, 0) is 43.1 Å². The lowest BCUT2D eigenvalue weighted by atomic mass is 9.98. The maximum Gasteiger partial charge on any atom is 0.123 e. The van der Waals surface area contributed by atoms with Crippen molar-refractivity contribution in [3.05, 3.63) is 35.1 Å². The Morgan fingerprint density at radius 2 is 1.79 bits per heavy atom. The Hall–Kier alpha value is -0.890. The highest BCUT2D eigenvalue weighted by atomic mass is 19.1. The number of hydrogen-bond acceptors (Lipinski definition) is 1. The van der Waals surface area contributed by atoms with Crippen molar-refractivity contribution < 1.29 is 4.39 Å². The first-order chi connectivity index (χ1) is 9.17. The number of aryl methyl sites for hydroxylation is 1. The first kappa shape index (κ1) is 16.2. The fourth-order valence-corrected chi connectivity index (χ4v) is 2.55. The molecule has 1 unspecified atom stereocenters. The van der Waals surface area contributed by atoms with Gasteiger partial charge < -0.3 is 5.32 Å². The van der Waals surface area contributed by atoms with Gasteiger partial charge in [0.1, 0.15) is 5.82 Å². The second-order valence-electron chi connectivity index (χ2n) is 5.38. The van der Waals surface area contributed by atoms with Crippen LogP contribution >= 0.6 is 0 Å². The number of unbranched alkanes of at least 4 members (excludes halogenated alkanes) is 4. The minimum Gasteiger partial charge on any atom is -0.310 e. The van der Waals surface area contributed by atoms with Crippen LogP contribution in [-0.2, 0) is 0 Å². The number of nitrogens with one attached hydrogen (secondary N) is 1. The van der Waals surface area contributed by atoms with Crippen molar-refractivity contribution in [3.8, 4) is 0 Å². The number of benzene rings is 1. The van der Waals surface area contributed by atoms with E-state index in [0.717, 1.165) is 24.1 Å². The molecule has 108 valence electrons. The molecule has 0 aliphatic carbocycles. The summed E-state index contributed by atoms with van der Waals surface area (Å²) in [4.78, 5) is 0. The molecule has 1 aromatic rings. The molecular formula is C17H28FN. The molecule has 0 aliphatic heterocycles. The van der Waals surface area contributed by atoms with Crippen LogP contribution in [0.5, 0.6) is 0 Å². The summed E-state index contributed by atoms with van der Waals surface area (Å²) in [7, 11) is 0. The zero-order chi connectivity index (χ0) is 14.1. The van der Waals surface area contributed by atoms with E-state index >= 15 is 0 Å². The van der Waals surface area contributed by atoms with Gasteiger partial charge in [0.15, 0.2) is 0 Å². The zero-order valence-electron chi connectivity index (χ0n) is 12.6. The molecule has 0 fully saturated rings. The molecule has 0 amide bonds. The van der Waals surface area contributed by atoms with Crippen LogP contribution in [0.3, 0.4) is 0 Å². The summed E-state index contributed by atoms with van der Waals surface area (Å²) in [5.74, 6) is -0.121. The first-order valence-electron chi connectivity index (χ1n) is 7.67. The van der Waals surface area contributed by atoms with Crippen molar-refractivity contribution in [1.29, 1.82) is 0 Å². The van der Waals surface area contributed by atoms with E-state index in [4.69, 9.17) is 0 Å². The predicted molar refractivity (Wildman–Crippen MR) is 80.9 cm³/mol. The molecule has 0 radical (unpaired) electrons. The molecule has 19 heavy (non-hydrogen) atoms. The van der Waals surface area contributed by atoms with E-state index < -0.39 is 0 Å². The summed E-state index contributed by atoms with van der Waals surface area (Å²) in [5.41, 5.74) is 2.10. The third-order valence-corrected chi connectivity index (χ3v) is 3.51. The van der Waals surface area contributed by atoms with E-state index in [1.54, 1.807) is 12.1 Å². The molecule has 2 heteroatoms. The van der Waals surface area contributed by atoms with Crippen LogP contribution in [-0.4, -0.2) is 6.54 Å². The minimum atomic E-state index is -0.121. The topological polar surface area (TPSA) is 12.0 Å². The van der Waals surface area contributed by atoms with E-state index in [1.807, 2.05) is 6.92 Å². The summed E-state index contributed by atoms with van der Waals surface area (Å²) in [6.07, 6.45) is 7.51. The SMILES string of the molecule is CCCCCCCC(NCC)c1cc(C)cc(F)c1. The second-order valence-corrected chi connectivity index (χ2v) is 5.38. The van der Waals surface area contributed by atoms with Crippen LogP contribution in [0.25, 0.3) is 0 Å². The predicted octanol–water partition coefficient (Wildman–Crippen LogP) is 5.15. The van der Waals surface area contributed by atoms with Crippen LogP contribution in [0, 0.1) is 12.7 Å². The minimum absolute atomic E-state index is 0.121. The lowest BCUT2D eigenvalue weighted by Crippen LogP contribution is -2.21. The molecule has 1 atom stereocenters. The van der Waals surface area contributed by atoms with Crippen molar-refractivity contribution in [2.75, 3.05) is 6.54 Å². The molecule has 0 saturated heterocycles. The van der Waals surface area contributed by atoms with Gasteiger partial charge in [0.2, 0.25) is 0 Å². The maximum atomic E-state index is 13.5. The molecule has 1 nitrogen and oxygen atoms in total. The van der Waals surface area contributed by atoms with Crippen molar-refractivity contribution in [1.82, 2.24) is 5.32 Å². The normalized spacial score (nSPS) is 12.6. The highest BCUT2D eigenvalue weighted by Crippen LogP contribution is 2.22. The highest BCUT2D eigenvalue weighted by Gasteiger charge is 2.11. The second kappa shape index (κ2) is 9.08. The molecule has 0 saturated carbocycles. The quantitative estimate of drug-likeness (QED) is 0.609. The Morgan fingerprint density at radius 1 is 1.05 bits per heavy atom. The third kappa shape index (κ3) is 6.20. The van der Waals surface area contributed by atoms with E-state index in [0.29, 0.717) is 6.04 Å². The summed E-state index contributed by atoms with van der Waals surface area (Å²) in [6.45, 7) is 7.22. The summed E-state index contributed by atoms with van der Waals surface area (Å²) >= 11 is 0. The average Bonchev–Trinajstić information content (AvgIpc) is 2.36. The van der Waals surface area contributed by atoms with Gasteiger partial charge >= 0.3 is 0 Å². The van der Waals surface area contributed by atoms with Crippen LogP contribution in [0.2, 0.25) is 0 Å². The number of halogens is 1. The number of rotatable bonds is 9. The van der Waals surface area contributed by atoms with Gasteiger partial charge in [-0.25, -0.2) is 4.39 Å². The van der Waals surface area contributed by atoms with E-state index in [1.165, 1.54) is 32.1 Å². The Bertz CT molecular complexity index is 342. The summed E-state index contributed by atoms with van der Waals surface area (Å²) in [5, 5.41) is 3.48. The van der Waals surface area contributed by atoms with Gasteiger partial charge in [-0.1, -0.05) is 52.0 Å². The summed E-state index contributed by atoms with van der Waals surface area (Å²) in [6, 6.07) is 5.66. The highest BCUT2D eigenvalue weighted by molar-refractivity contribution is 5.26. The number of hydrogen-bond donors (Lipinski definition) is 1. The lowest BCUT2D eigenvalue weighted by molar-refractivity contribution is 0.476. The average molecular weight is 265 g/mol. The van der Waals surface area contributed by atoms with Crippen LogP contribution in [0.15, 0.2) is 18.2 Å². The van der Waals surface area contributed by atoms with Gasteiger partial charge in [-0.2, -0.15) is 0 Å². The molecule has 1 N–H and O–H groups in total. The van der Waals surface area contributed by atoms with E-state index in [2.05, 4.69) is 25.2 Å². The Balaban J connectivity index is 2.55. The first-order valence-corrected chi connectivity index (χ1v) is 7.67. The van der Waals surface area contributed by atoms with Gasteiger partial charge in [-0.3, -0.25) is 0 Å². The lowest BCUT2D eigenvalue weighted by Gasteiger charge is -2.19. The van der Waals surface area contributed by atoms with E-state index in [-0.39, 0.29) is 5.82 Å². The Morgan fingerprint density at radius 3 is 2.42 bits per heavy atom. The summed E-state index contributed by atoms with van der Waals surface area (Å²) < 4.78 is 13.5. The molecule has 0 aliphatic rings. The van der Waals surface area contributed by atoms with Crippen molar-refractivity contribution >= 4 is 0 Å². The molecule has 0 bridgehead atoms. The zero-order valence-corrected chi connectivity index (χ0v) is 12.6. The third-order valence-electron chi connectivity index (χ3n) is 3.51. The van der Waals surface area contributed by atoms with Gasteiger partial charge in [-0.15, -0.1) is 0 Å². The molecule has 1 rings (SSSR count). The van der Waals surface area contributed by atoms with Crippen molar-refractivity contribution in [2.45, 2.75) is 65.3 Å². The van der Waals surface area contributed by atoms with Gasteiger partial charge in [0.25, 0.3) is 0 Å². The van der Waals surface area contributed by atoms with Crippen LogP contribution < -0.4 is 5.32 Å². The Labute approximate surface area is 117 Å². The smallest absolute Gasteiger partial charge is 0.123 e. The molecule has 0 aromatic heterocycles. The molecular weight excluding hydrogens is 237 g/mol. The molecule has 0 heterocycles. The van der Waals surface area contributed by atoms with Gasteiger partial charge in [0.05, 0.1) is 0 Å². The van der Waals surface area contributed by atoms with E-state index in [9.17, 15) is 4.39 Å². The van der Waals surface area contributed by atoms with Crippen LogP contribution in [0.4, 0.5) is 4.39 Å². The van der Waals surface area contributed by atoms with Crippen molar-refractivity contribution in [3.63, 3.8) is 0 Å². The van der Waals surface area contributed by atoms with Crippen molar-refractivity contribution in [2.24, 2.45) is 0 Å². The van der Waals surface area contributed by atoms with Crippen LogP contribution in [0.1, 0.15) is 69.5 Å². The molecule has 1 aromatic carbocycles. The Kier molecular flexibility index (Phi) is 7.73. The fourth-order valence-electron chi connectivity index (χ4n) is 2.55. The van der Waals surface area contributed by atoms with Gasteiger partial charge in [0, 0.05) is 6.04 Å². The maximum absolute atomic E-state index is 13.5. The molecule has 0 spiro atoms. The largest absolute Gasteiger partial charge is 0.310 e. The standard InChI is InChI=1S/C17H28FN/c1-4-6-7-8-9-10-17(19-5-2)15-11-14(3)12-16(18)13-15/h11-13,17,19H,4-10H2,1-3H3. The fraction of sp³-hybridized carbons (Fsp3) is 0.647. The monoisotopic (exact) mass is 265 g/mol.